The zero-order valence-corrected chi connectivity index (χ0v) is 16.6. The molecule has 0 aliphatic heterocycles. The van der Waals surface area contributed by atoms with Crippen molar-refractivity contribution >= 4 is 23.5 Å². The zero-order chi connectivity index (χ0) is 21.7. The molecule has 0 radical (unpaired) electrons. The third-order valence-electron chi connectivity index (χ3n) is 4.29. The molecule has 9 heteroatoms. The molecule has 0 aromatic heterocycles. The largest absolute Gasteiger partial charge is 0.474 e. The van der Waals surface area contributed by atoms with E-state index >= 15 is 0 Å². The molecule has 2 atom stereocenters. The Kier molecular flexibility index (Phi) is 7.35. The molecule has 0 spiro atoms. The van der Waals surface area contributed by atoms with Crippen LogP contribution in [-0.4, -0.2) is 31.2 Å². The number of carbonyl (C=O) groups is 2. The highest BCUT2D eigenvalue weighted by Gasteiger charge is 2.50. The maximum atomic E-state index is 13.4. The third-order valence-corrected chi connectivity index (χ3v) is 4.55. The summed E-state index contributed by atoms with van der Waals surface area (Å²) in [5, 5.41) is 2.90. The van der Waals surface area contributed by atoms with Gasteiger partial charge in [-0.1, -0.05) is 29.8 Å². The van der Waals surface area contributed by atoms with Crippen molar-refractivity contribution in [3.63, 3.8) is 0 Å². The van der Waals surface area contributed by atoms with Crippen LogP contribution in [0.25, 0.3) is 0 Å². The molecule has 0 saturated heterocycles. The van der Waals surface area contributed by atoms with Gasteiger partial charge >= 0.3 is 12.1 Å². The first-order valence-corrected chi connectivity index (χ1v) is 9.19. The molecule has 0 bridgehead atoms. The number of alkyl halides is 3. The average Bonchev–Trinajstić information content (AvgIpc) is 2.63. The van der Waals surface area contributed by atoms with Crippen molar-refractivity contribution in [1.29, 1.82) is 0 Å². The van der Waals surface area contributed by atoms with Gasteiger partial charge in [-0.2, -0.15) is 13.2 Å². The number of rotatable bonds is 7. The van der Waals surface area contributed by atoms with Gasteiger partial charge in [0.2, 0.25) is 12.0 Å². The Balaban J connectivity index is 2.21. The number of hydrogen-bond acceptors (Lipinski definition) is 4. The van der Waals surface area contributed by atoms with Gasteiger partial charge in [0, 0.05) is 17.5 Å². The van der Waals surface area contributed by atoms with Crippen molar-refractivity contribution < 1.29 is 32.2 Å². The van der Waals surface area contributed by atoms with E-state index < -0.39 is 23.7 Å². The van der Waals surface area contributed by atoms with Crippen molar-refractivity contribution in [2.45, 2.75) is 32.5 Å². The van der Waals surface area contributed by atoms with Crippen LogP contribution < -0.4 is 5.32 Å². The Labute approximate surface area is 171 Å². The number of benzene rings is 1. The first-order valence-electron chi connectivity index (χ1n) is 8.81. The van der Waals surface area contributed by atoms with Crippen LogP contribution in [0.5, 0.6) is 0 Å². The molecule has 2 rings (SSSR count). The smallest absolute Gasteiger partial charge is 0.398 e. The van der Waals surface area contributed by atoms with Crippen LogP contribution in [-0.2, 0) is 19.1 Å². The number of hydrogen-bond donors (Lipinski definition) is 1. The van der Waals surface area contributed by atoms with Crippen LogP contribution in [0.15, 0.2) is 48.3 Å². The number of amides is 1. The molecule has 5 nitrogen and oxygen atoms in total. The van der Waals surface area contributed by atoms with Crippen LogP contribution in [0.3, 0.4) is 0 Å². The van der Waals surface area contributed by atoms with E-state index in [-0.39, 0.29) is 31.2 Å². The van der Waals surface area contributed by atoms with E-state index in [9.17, 15) is 22.8 Å². The Morgan fingerprint density at radius 1 is 1.28 bits per heavy atom. The molecule has 0 heterocycles. The molecule has 1 aromatic rings. The summed E-state index contributed by atoms with van der Waals surface area (Å²) in [5.74, 6) is -1.17. The Morgan fingerprint density at radius 2 is 1.93 bits per heavy atom. The number of nitrogens with one attached hydrogen (secondary N) is 1. The summed E-state index contributed by atoms with van der Waals surface area (Å²) in [7, 11) is 0. The van der Waals surface area contributed by atoms with Gasteiger partial charge in [-0.25, -0.2) is 4.79 Å². The number of halogens is 4. The normalized spacial score (nSPS) is 19.9. The molecule has 2 unspecified atom stereocenters. The summed E-state index contributed by atoms with van der Waals surface area (Å²) < 4.78 is 50.8. The molecule has 29 heavy (non-hydrogen) atoms. The summed E-state index contributed by atoms with van der Waals surface area (Å²) in [4.78, 5) is 23.4. The number of carbonyl (C=O) groups excluding carboxylic acids is 2. The zero-order valence-electron chi connectivity index (χ0n) is 15.9. The molecular formula is C20H21ClF3NO4. The fourth-order valence-corrected chi connectivity index (χ4v) is 2.72. The topological polar surface area (TPSA) is 64.6 Å². The minimum atomic E-state index is -4.47. The third kappa shape index (κ3) is 6.25. The van der Waals surface area contributed by atoms with Crippen LogP contribution >= 0.6 is 11.6 Å². The maximum Gasteiger partial charge on any atom is 0.398 e. The van der Waals surface area contributed by atoms with E-state index in [4.69, 9.17) is 21.1 Å². The van der Waals surface area contributed by atoms with Gasteiger partial charge < -0.3 is 14.8 Å². The van der Waals surface area contributed by atoms with E-state index in [0.29, 0.717) is 10.6 Å². The highest BCUT2D eigenvalue weighted by Crippen LogP contribution is 2.45. The van der Waals surface area contributed by atoms with Crippen LogP contribution in [0, 0.1) is 5.41 Å². The minimum absolute atomic E-state index is 0.0881. The summed E-state index contributed by atoms with van der Waals surface area (Å²) in [6, 6.07) is 6.11. The summed E-state index contributed by atoms with van der Waals surface area (Å²) >= 11 is 5.86. The standard InChI is InChI=1S/C20H21ClF3NO4/c1-13(26)25-10-11-28-18(27)17(14-5-7-15(21)8-6-14)29-16-4-3-9-19(2,12-16)20(22,23)24/h3-8,12,17H,9-11H2,1-2H3,(H,25,26). The fourth-order valence-electron chi connectivity index (χ4n) is 2.59. The maximum absolute atomic E-state index is 13.4. The van der Waals surface area contributed by atoms with Crippen LogP contribution in [0.1, 0.15) is 31.9 Å². The summed E-state index contributed by atoms with van der Waals surface area (Å²) in [6.07, 6.45) is -2.29. The highest BCUT2D eigenvalue weighted by molar-refractivity contribution is 6.30. The van der Waals surface area contributed by atoms with Gasteiger partial charge in [0.15, 0.2) is 0 Å². The summed E-state index contributed by atoms with van der Waals surface area (Å²) in [6.45, 7) is 2.37. The first-order chi connectivity index (χ1) is 13.5. The second-order valence-corrected chi connectivity index (χ2v) is 7.20. The monoisotopic (exact) mass is 431 g/mol. The molecule has 1 aliphatic carbocycles. The molecule has 1 amide bonds. The van der Waals surface area contributed by atoms with Crippen molar-refractivity contribution in [3.8, 4) is 0 Å². The molecule has 1 aliphatic rings. The quantitative estimate of drug-likeness (QED) is 0.510. The highest BCUT2D eigenvalue weighted by atomic mass is 35.5. The van der Waals surface area contributed by atoms with Gasteiger partial charge in [0.05, 0.1) is 12.0 Å². The molecule has 158 valence electrons. The van der Waals surface area contributed by atoms with Crippen molar-refractivity contribution in [1.82, 2.24) is 5.32 Å². The first kappa shape index (κ1) is 22.8. The lowest BCUT2D eigenvalue weighted by atomic mass is 9.82. The predicted molar refractivity (Wildman–Crippen MR) is 101 cm³/mol. The molecule has 1 aromatic carbocycles. The Morgan fingerprint density at radius 3 is 2.52 bits per heavy atom. The molecule has 0 saturated carbocycles. The van der Waals surface area contributed by atoms with Crippen LogP contribution in [0.2, 0.25) is 5.02 Å². The van der Waals surface area contributed by atoms with Gasteiger partial charge in [-0.15, -0.1) is 0 Å². The van der Waals surface area contributed by atoms with Gasteiger partial charge in [0.1, 0.15) is 12.4 Å². The number of esters is 1. The van der Waals surface area contributed by atoms with E-state index in [1.165, 1.54) is 43.3 Å². The second kappa shape index (κ2) is 9.35. The van der Waals surface area contributed by atoms with Gasteiger partial charge in [0.25, 0.3) is 0 Å². The lowest BCUT2D eigenvalue weighted by molar-refractivity contribution is -0.200. The lowest BCUT2D eigenvalue weighted by Gasteiger charge is -2.31. The van der Waals surface area contributed by atoms with Gasteiger partial charge in [-0.05, 0) is 37.6 Å². The van der Waals surface area contributed by atoms with Crippen molar-refractivity contribution in [2.75, 3.05) is 13.2 Å². The lowest BCUT2D eigenvalue weighted by Crippen LogP contribution is -2.34. The van der Waals surface area contributed by atoms with E-state index in [1.54, 1.807) is 0 Å². The van der Waals surface area contributed by atoms with Crippen molar-refractivity contribution in [2.24, 2.45) is 5.41 Å². The minimum Gasteiger partial charge on any atom is -0.474 e. The fraction of sp³-hybridized carbons (Fsp3) is 0.400. The molecular weight excluding hydrogens is 411 g/mol. The molecule has 0 fully saturated rings. The Hall–Kier alpha value is -2.48. The molecule has 1 N–H and O–H groups in total. The van der Waals surface area contributed by atoms with E-state index in [1.807, 2.05) is 0 Å². The van der Waals surface area contributed by atoms with E-state index in [0.717, 1.165) is 13.0 Å². The SMILES string of the molecule is CC(=O)NCCOC(=O)C(OC1=CC(C)(C(F)(F)F)CC=C1)c1ccc(Cl)cc1. The van der Waals surface area contributed by atoms with Crippen LogP contribution in [0.4, 0.5) is 13.2 Å². The number of allylic oxidation sites excluding steroid dienone is 3. The number of ether oxygens (including phenoxy) is 2. The Bertz CT molecular complexity index is 805. The second-order valence-electron chi connectivity index (χ2n) is 6.77. The predicted octanol–water partition coefficient (Wildman–Crippen LogP) is 4.49. The summed E-state index contributed by atoms with van der Waals surface area (Å²) in [5.41, 5.74) is -1.73. The van der Waals surface area contributed by atoms with E-state index in [2.05, 4.69) is 5.32 Å². The average molecular weight is 432 g/mol. The van der Waals surface area contributed by atoms with Crippen molar-refractivity contribution in [3.05, 3.63) is 58.8 Å². The van der Waals surface area contributed by atoms with Gasteiger partial charge in [-0.3, -0.25) is 4.79 Å².